The molecule has 0 spiro atoms. The molecule has 0 aliphatic rings. The van der Waals surface area contributed by atoms with Gasteiger partial charge in [-0.2, -0.15) is 10.1 Å². The molecule has 8 rings (SSSR count). The predicted octanol–water partition coefficient (Wildman–Crippen LogP) is 7.96. The van der Waals surface area contributed by atoms with E-state index in [1.54, 1.807) is 25.6 Å². The number of hydrogen-bond acceptors (Lipinski definition) is 14. The van der Waals surface area contributed by atoms with Gasteiger partial charge in [-0.05, 0) is 87.1 Å². The number of thiophene rings is 1. The molecule has 0 bridgehead atoms. The van der Waals surface area contributed by atoms with Gasteiger partial charge in [0, 0.05) is 34.5 Å². The maximum absolute atomic E-state index is 6.07. The summed E-state index contributed by atoms with van der Waals surface area (Å²) in [4.78, 5) is 23.1. The number of benzene rings is 3. The van der Waals surface area contributed by atoms with Gasteiger partial charge in [0.2, 0.25) is 0 Å². The Morgan fingerprint density at radius 3 is 2.44 bits per heavy atom. The van der Waals surface area contributed by atoms with E-state index in [1.807, 2.05) is 62.8 Å². The van der Waals surface area contributed by atoms with E-state index in [0.717, 1.165) is 39.9 Å². The molecule has 0 saturated carbocycles. The van der Waals surface area contributed by atoms with Gasteiger partial charge in [-0.1, -0.05) is 24.3 Å². The molecule has 282 valence electrons. The van der Waals surface area contributed by atoms with Gasteiger partial charge in [-0.25, -0.2) is 24.6 Å². The summed E-state index contributed by atoms with van der Waals surface area (Å²) in [6.07, 6.45) is 1.45. The van der Waals surface area contributed by atoms with Crippen molar-refractivity contribution in [2.45, 2.75) is 46.3 Å². The summed E-state index contributed by atoms with van der Waals surface area (Å²) in [6.45, 7) is 8.96. The topological polar surface area (TPSA) is 190 Å². The molecule has 1 unspecified atom stereocenters. The van der Waals surface area contributed by atoms with Gasteiger partial charge in [-0.15, -0.1) is 11.3 Å². The van der Waals surface area contributed by atoms with Crippen LogP contribution in [0.3, 0.4) is 0 Å². The molecular weight excluding hydrogens is 715 g/mol. The van der Waals surface area contributed by atoms with Gasteiger partial charge < -0.3 is 36.0 Å². The summed E-state index contributed by atoms with van der Waals surface area (Å²) in [7, 11) is 5.23. The Hall–Kier alpha value is -6.32. The highest BCUT2D eigenvalue weighted by molar-refractivity contribution is 7.10. The van der Waals surface area contributed by atoms with Crippen molar-refractivity contribution >= 4 is 62.0 Å². The highest BCUT2D eigenvalue weighted by Crippen LogP contribution is 2.37. The van der Waals surface area contributed by atoms with Crippen molar-refractivity contribution in [3.05, 3.63) is 88.6 Å². The summed E-state index contributed by atoms with van der Waals surface area (Å²) < 4.78 is 18.1. The first-order valence-electron chi connectivity index (χ1n) is 17.7. The van der Waals surface area contributed by atoms with Crippen LogP contribution in [-0.4, -0.2) is 56.0 Å². The number of hydrogen-bond donors (Lipinski definition) is 4. The second kappa shape index (κ2) is 15.6. The fourth-order valence-electron chi connectivity index (χ4n) is 6.48. The average molecular weight is 758 g/mol. The van der Waals surface area contributed by atoms with Crippen molar-refractivity contribution in [3.63, 3.8) is 0 Å². The van der Waals surface area contributed by atoms with Crippen molar-refractivity contribution in [2.24, 2.45) is 0 Å². The zero-order valence-electron chi connectivity index (χ0n) is 31.7. The highest BCUT2D eigenvalue weighted by Gasteiger charge is 2.20. The van der Waals surface area contributed by atoms with Crippen LogP contribution in [0.2, 0.25) is 0 Å². The second-order valence-electron chi connectivity index (χ2n) is 13.2. The molecule has 0 saturated heterocycles. The fraction of sp³-hybridized carbons (Fsp3) is 0.250. The van der Waals surface area contributed by atoms with E-state index in [4.69, 9.17) is 25.4 Å². The monoisotopic (exact) mass is 757 g/mol. The Morgan fingerprint density at radius 1 is 0.891 bits per heavy atom. The normalized spacial score (nSPS) is 11.9. The molecule has 0 aliphatic heterocycles. The zero-order valence-corrected chi connectivity index (χ0v) is 32.5. The van der Waals surface area contributed by atoms with Crippen LogP contribution in [0.25, 0.3) is 55.4 Å². The standard InChI is InChI=1S/C25H28N4O2S.C15H15N7O/c1-15(24-10-18(14-32-24)19-9-7-6-8-17(19)13-26-3)27-25-20-11-22(30-4)23(31-5)12-21(20)28-16(2)29-25;1-7(2)22-14-11(13(16)18-6-19-14)12(21-22)8-3-4-10-9(5-8)20-15(17)23-10/h6-12,14-15,26H,13H2,1-5H3,(H,27,28,29);3-7H,1-2H3,(H2,17,20)(H2,16,18,19). The van der Waals surface area contributed by atoms with Crippen LogP contribution in [0.4, 0.5) is 17.7 Å². The van der Waals surface area contributed by atoms with Crippen LogP contribution in [0.15, 0.2) is 76.8 Å². The third kappa shape index (κ3) is 7.43. The fourth-order valence-corrected chi connectivity index (χ4v) is 7.39. The van der Waals surface area contributed by atoms with Gasteiger partial charge in [0.25, 0.3) is 6.01 Å². The van der Waals surface area contributed by atoms with Gasteiger partial charge in [-0.3, -0.25) is 0 Å². The molecular formula is C40H43N11O3S. The number of nitrogens with zero attached hydrogens (tertiary/aromatic N) is 7. The first-order chi connectivity index (χ1) is 26.6. The minimum atomic E-state index is 0.0795. The van der Waals surface area contributed by atoms with Crippen molar-refractivity contribution < 1.29 is 13.9 Å². The van der Waals surface area contributed by atoms with E-state index >= 15 is 0 Å². The minimum absolute atomic E-state index is 0.0795. The molecule has 0 aliphatic carbocycles. The maximum atomic E-state index is 6.07. The molecule has 3 aromatic carbocycles. The summed E-state index contributed by atoms with van der Waals surface area (Å²) in [5.41, 5.74) is 19.9. The Kier molecular flexibility index (Phi) is 10.5. The van der Waals surface area contributed by atoms with Crippen LogP contribution in [0.1, 0.15) is 49.1 Å². The number of nitrogen functional groups attached to an aromatic ring is 2. The Labute approximate surface area is 322 Å². The lowest BCUT2D eigenvalue weighted by Gasteiger charge is -2.16. The largest absolute Gasteiger partial charge is 0.493 e. The maximum Gasteiger partial charge on any atom is 0.292 e. The van der Waals surface area contributed by atoms with Gasteiger partial charge in [0.05, 0.1) is 31.2 Å². The quantitative estimate of drug-likeness (QED) is 0.105. The van der Waals surface area contributed by atoms with Crippen molar-refractivity contribution in [2.75, 3.05) is 38.1 Å². The second-order valence-corrected chi connectivity index (χ2v) is 14.2. The molecule has 14 nitrogen and oxygen atoms in total. The highest BCUT2D eigenvalue weighted by atomic mass is 32.1. The van der Waals surface area contributed by atoms with Crippen LogP contribution >= 0.6 is 11.3 Å². The minimum Gasteiger partial charge on any atom is -0.493 e. The smallest absolute Gasteiger partial charge is 0.292 e. The number of nitrogens with one attached hydrogen (secondary N) is 2. The Bertz CT molecular complexity index is 2630. The van der Waals surface area contributed by atoms with E-state index in [0.29, 0.717) is 39.9 Å². The summed E-state index contributed by atoms with van der Waals surface area (Å²) in [5.74, 6) is 3.19. The van der Waals surface area contributed by atoms with E-state index in [1.165, 1.54) is 27.9 Å². The van der Waals surface area contributed by atoms with Crippen molar-refractivity contribution in [1.82, 2.24) is 40.0 Å². The molecule has 5 heterocycles. The number of nitrogens with two attached hydrogens (primary N) is 2. The van der Waals surface area contributed by atoms with Crippen LogP contribution < -0.4 is 31.6 Å². The van der Waals surface area contributed by atoms with Gasteiger partial charge in [0.1, 0.15) is 35.0 Å². The van der Waals surface area contributed by atoms with Crippen molar-refractivity contribution in [3.8, 4) is 33.9 Å². The SMILES string of the molecule is CC(C)n1nc(-c2ccc3oc(N)nc3c2)c2c(N)ncnc21.CNCc1ccccc1-c1csc(C(C)Nc2nc(C)nc3cc(OC)c(OC)cc23)c1. The molecule has 5 aromatic heterocycles. The zero-order chi connectivity index (χ0) is 38.8. The van der Waals surface area contributed by atoms with E-state index in [9.17, 15) is 0 Å². The lowest BCUT2D eigenvalue weighted by Crippen LogP contribution is -2.08. The summed E-state index contributed by atoms with van der Waals surface area (Å²) in [6, 6.07) is 20.5. The Morgan fingerprint density at radius 2 is 1.67 bits per heavy atom. The number of methoxy groups -OCH3 is 2. The molecule has 0 amide bonds. The number of rotatable bonds is 10. The lowest BCUT2D eigenvalue weighted by atomic mass is 10.0. The number of ether oxygens (including phenoxy) is 2. The van der Waals surface area contributed by atoms with Crippen molar-refractivity contribution in [1.29, 1.82) is 0 Å². The molecule has 15 heteroatoms. The number of oxazole rings is 1. The number of aromatic nitrogens is 7. The first kappa shape index (κ1) is 37.0. The lowest BCUT2D eigenvalue weighted by molar-refractivity contribution is 0.356. The number of fused-ring (bicyclic) bond motifs is 3. The molecule has 6 N–H and O–H groups in total. The number of anilines is 3. The molecule has 0 radical (unpaired) electrons. The van der Waals surface area contributed by atoms with Gasteiger partial charge in [0.15, 0.2) is 22.7 Å². The van der Waals surface area contributed by atoms with E-state index in [-0.39, 0.29) is 18.1 Å². The first-order valence-corrected chi connectivity index (χ1v) is 18.6. The molecule has 0 fully saturated rings. The summed E-state index contributed by atoms with van der Waals surface area (Å²) in [5, 5.41) is 15.4. The van der Waals surface area contributed by atoms with Crippen LogP contribution in [-0.2, 0) is 6.54 Å². The van der Waals surface area contributed by atoms with E-state index < -0.39 is 0 Å². The molecule has 8 aromatic rings. The van der Waals surface area contributed by atoms with Gasteiger partial charge >= 0.3 is 0 Å². The molecule has 55 heavy (non-hydrogen) atoms. The average Bonchev–Trinajstić information content (AvgIpc) is 3.92. The third-order valence-corrected chi connectivity index (χ3v) is 10.2. The van der Waals surface area contributed by atoms with E-state index in [2.05, 4.69) is 83.3 Å². The summed E-state index contributed by atoms with van der Waals surface area (Å²) >= 11 is 1.75. The number of aryl methyl sites for hydroxylation is 1. The van der Waals surface area contributed by atoms with Crippen LogP contribution in [0.5, 0.6) is 11.5 Å². The third-order valence-electron chi connectivity index (χ3n) is 9.09. The molecule has 1 atom stereocenters. The Balaban J connectivity index is 0.000000178. The predicted molar refractivity (Wildman–Crippen MR) is 219 cm³/mol. The van der Waals surface area contributed by atoms with Crippen LogP contribution in [0, 0.1) is 6.92 Å².